The Labute approximate surface area is 79.4 Å². The van der Waals surface area contributed by atoms with Gasteiger partial charge >= 0.3 is 0 Å². The van der Waals surface area contributed by atoms with Gasteiger partial charge < -0.3 is 10.6 Å². The van der Waals surface area contributed by atoms with Gasteiger partial charge in [0, 0.05) is 12.6 Å². The van der Waals surface area contributed by atoms with Crippen molar-refractivity contribution >= 4 is 11.4 Å². The zero-order valence-corrected chi connectivity index (χ0v) is 8.25. The van der Waals surface area contributed by atoms with Gasteiger partial charge in [-0.05, 0) is 38.0 Å². The summed E-state index contributed by atoms with van der Waals surface area (Å²) in [7, 11) is 0. The fourth-order valence-electron chi connectivity index (χ4n) is 1.78. The van der Waals surface area contributed by atoms with E-state index in [2.05, 4.69) is 30.9 Å². The summed E-state index contributed by atoms with van der Waals surface area (Å²) >= 11 is 0. The monoisotopic (exact) mass is 176 g/mol. The third-order valence-electron chi connectivity index (χ3n) is 2.82. The molecule has 1 heterocycles. The van der Waals surface area contributed by atoms with Crippen LogP contribution >= 0.6 is 0 Å². The van der Waals surface area contributed by atoms with Gasteiger partial charge in [-0.2, -0.15) is 0 Å². The molecule has 0 spiro atoms. The predicted octanol–water partition coefficient (Wildman–Crippen LogP) is 2.18. The van der Waals surface area contributed by atoms with Crippen molar-refractivity contribution in [1.29, 1.82) is 0 Å². The summed E-state index contributed by atoms with van der Waals surface area (Å²) in [6.45, 7) is 5.49. The summed E-state index contributed by atoms with van der Waals surface area (Å²) in [6, 6.07) is 6.88. The Morgan fingerprint density at radius 2 is 2.23 bits per heavy atom. The minimum atomic E-state index is 0.657. The molecule has 70 valence electrons. The molecule has 1 aromatic carbocycles. The lowest BCUT2D eigenvalue weighted by Gasteiger charge is -2.41. The average molecular weight is 176 g/mol. The van der Waals surface area contributed by atoms with Gasteiger partial charge in [0.2, 0.25) is 0 Å². The highest BCUT2D eigenvalue weighted by Crippen LogP contribution is 2.31. The Morgan fingerprint density at radius 1 is 1.46 bits per heavy atom. The zero-order valence-electron chi connectivity index (χ0n) is 8.25. The molecule has 1 aliphatic rings. The number of nitrogens with zero attached hydrogens (tertiary/aromatic N) is 1. The summed E-state index contributed by atoms with van der Waals surface area (Å²) in [5, 5.41) is 0. The normalized spacial score (nSPS) is 21.4. The van der Waals surface area contributed by atoms with Gasteiger partial charge in [0.15, 0.2) is 0 Å². The predicted molar refractivity (Wildman–Crippen MR) is 57.0 cm³/mol. The van der Waals surface area contributed by atoms with Crippen LogP contribution in [0.5, 0.6) is 0 Å². The van der Waals surface area contributed by atoms with E-state index in [0.29, 0.717) is 6.04 Å². The van der Waals surface area contributed by atoms with Gasteiger partial charge in [-0.15, -0.1) is 0 Å². The second-order valence-electron chi connectivity index (χ2n) is 3.89. The molecule has 1 aliphatic heterocycles. The number of rotatable bonds is 1. The van der Waals surface area contributed by atoms with Gasteiger partial charge in [0.05, 0.1) is 11.4 Å². The molecular weight excluding hydrogens is 160 g/mol. The Balaban J connectivity index is 2.33. The lowest BCUT2D eigenvalue weighted by Crippen LogP contribution is -2.46. The minimum absolute atomic E-state index is 0.657. The van der Waals surface area contributed by atoms with Gasteiger partial charge in [-0.1, -0.05) is 6.07 Å². The first-order chi connectivity index (χ1) is 6.18. The first-order valence-electron chi connectivity index (χ1n) is 4.81. The van der Waals surface area contributed by atoms with E-state index in [-0.39, 0.29) is 0 Å². The second kappa shape index (κ2) is 2.95. The highest BCUT2D eigenvalue weighted by Gasteiger charge is 2.24. The van der Waals surface area contributed by atoms with Gasteiger partial charge in [0.1, 0.15) is 0 Å². The molecule has 1 aromatic rings. The lowest BCUT2D eigenvalue weighted by atomic mass is 10.0. The van der Waals surface area contributed by atoms with E-state index in [0.717, 1.165) is 12.2 Å². The fourth-order valence-corrected chi connectivity index (χ4v) is 1.78. The Hall–Kier alpha value is -1.18. The van der Waals surface area contributed by atoms with E-state index in [4.69, 9.17) is 5.73 Å². The molecule has 1 unspecified atom stereocenters. The molecule has 0 bridgehead atoms. The van der Waals surface area contributed by atoms with Crippen molar-refractivity contribution < 1.29 is 0 Å². The van der Waals surface area contributed by atoms with Crippen LogP contribution in [0.2, 0.25) is 0 Å². The van der Waals surface area contributed by atoms with Crippen molar-refractivity contribution in [1.82, 2.24) is 0 Å². The molecule has 0 amide bonds. The number of anilines is 2. The van der Waals surface area contributed by atoms with Gasteiger partial charge in [0.25, 0.3) is 0 Å². The number of hydrogen-bond donors (Lipinski definition) is 1. The topological polar surface area (TPSA) is 29.3 Å². The maximum absolute atomic E-state index is 5.92. The van der Waals surface area contributed by atoms with Crippen LogP contribution in [0, 0.1) is 6.92 Å². The lowest BCUT2D eigenvalue weighted by molar-refractivity contribution is 0.482. The molecule has 2 rings (SSSR count). The molecule has 2 heteroatoms. The first kappa shape index (κ1) is 8.42. The van der Waals surface area contributed by atoms with E-state index < -0.39 is 0 Å². The van der Waals surface area contributed by atoms with Crippen molar-refractivity contribution in [2.45, 2.75) is 26.3 Å². The molecule has 0 radical (unpaired) electrons. The molecule has 2 nitrogen and oxygen atoms in total. The Morgan fingerprint density at radius 3 is 2.77 bits per heavy atom. The maximum Gasteiger partial charge on any atom is 0.0605 e. The maximum atomic E-state index is 5.92. The smallest absolute Gasteiger partial charge is 0.0605 e. The van der Waals surface area contributed by atoms with Crippen molar-refractivity contribution in [2.24, 2.45) is 0 Å². The molecular formula is C11H16N2. The molecule has 0 aliphatic carbocycles. The number of nitrogen functional groups attached to an aromatic ring is 1. The summed E-state index contributed by atoms with van der Waals surface area (Å²) in [4.78, 5) is 2.36. The Bertz CT molecular complexity index is 320. The van der Waals surface area contributed by atoms with Crippen molar-refractivity contribution in [3.05, 3.63) is 23.8 Å². The molecule has 0 saturated carbocycles. The SMILES string of the molecule is Cc1ccc(N)c(N2CCC2C)c1. The molecule has 0 aromatic heterocycles. The first-order valence-corrected chi connectivity index (χ1v) is 4.81. The van der Waals surface area contributed by atoms with Crippen molar-refractivity contribution in [2.75, 3.05) is 17.2 Å². The van der Waals surface area contributed by atoms with Gasteiger partial charge in [-0.3, -0.25) is 0 Å². The molecule has 1 saturated heterocycles. The third-order valence-corrected chi connectivity index (χ3v) is 2.82. The summed E-state index contributed by atoms with van der Waals surface area (Å²) in [5.74, 6) is 0. The van der Waals surface area contributed by atoms with Crippen LogP contribution < -0.4 is 10.6 Å². The van der Waals surface area contributed by atoms with E-state index in [1.54, 1.807) is 0 Å². The number of hydrogen-bond acceptors (Lipinski definition) is 2. The summed E-state index contributed by atoms with van der Waals surface area (Å²) in [5.41, 5.74) is 9.31. The van der Waals surface area contributed by atoms with Crippen LogP contribution in [0.15, 0.2) is 18.2 Å². The van der Waals surface area contributed by atoms with Crippen molar-refractivity contribution in [3.8, 4) is 0 Å². The second-order valence-corrected chi connectivity index (χ2v) is 3.89. The van der Waals surface area contributed by atoms with Gasteiger partial charge in [-0.25, -0.2) is 0 Å². The van der Waals surface area contributed by atoms with E-state index in [9.17, 15) is 0 Å². The summed E-state index contributed by atoms with van der Waals surface area (Å²) < 4.78 is 0. The highest BCUT2D eigenvalue weighted by atomic mass is 15.2. The van der Waals surface area contributed by atoms with E-state index in [1.165, 1.54) is 17.7 Å². The number of nitrogens with two attached hydrogens (primary N) is 1. The molecule has 2 N–H and O–H groups in total. The van der Waals surface area contributed by atoms with Crippen LogP contribution in [0.3, 0.4) is 0 Å². The third kappa shape index (κ3) is 1.37. The standard InChI is InChI=1S/C11H16N2/c1-8-3-4-10(12)11(7-8)13-6-5-9(13)2/h3-4,7,9H,5-6,12H2,1-2H3. The number of aryl methyl sites for hydroxylation is 1. The molecule has 13 heavy (non-hydrogen) atoms. The summed E-state index contributed by atoms with van der Waals surface area (Å²) in [6.07, 6.45) is 1.29. The van der Waals surface area contributed by atoms with E-state index >= 15 is 0 Å². The van der Waals surface area contributed by atoms with Crippen molar-refractivity contribution in [3.63, 3.8) is 0 Å². The highest BCUT2D eigenvalue weighted by molar-refractivity contribution is 5.69. The molecule has 1 fully saturated rings. The van der Waals surface area contributed by atoms with Crippen LogP contribution in [-0.4, -0.2) is 12.6 Å². The van der Waals surface area contributed by atoms with E-state index in [1.807, 2.05) is 6.07 Å². The fraction of sp³-hybridized carbons (Fsp3) is 0.455. The zero-order chi connectivity index (χ0) is 9.42. The minimum Gasteiger partial charge on any atom is -0.397 e. The average Bonchev–Trinajstić information content (AvgIpc) is 2.09. The quantitative estimate of drug-likeness (QED) is 0.664. The number of benzene rings is 1. The van der Waals surface area contributed by atoms with Crippen LogP contribution in [0.25, 0.3) is 0 Å². The largest absolute Gasteiger partial charge is 0.397 e. The van der Waals surface area contributed by atoms with Crippen LogP contribution in [0.1, 0.15) is 18.9 Å². The van der Waals surface area contributed by atoms with Crippen LogP contribution in [0.4, 0.5) is 11.4 Å². The van der Waals surface area contributed by atoms with Crippen LogP contribution in [-0.2, 0) is 0 Å². The molecule has 1 atom stereocenters. The Kier molecular flexibility index (Phi) is 1.91.